The Kier molecular flexibility index (Phi) is 24.8. The molecule has 0 aliphatic heterocycles. The Morgan fingerprint density at radius 3 is 0.903 bits per heavy atom. The third kappa shape index (κ3) is 17.0. The van der Waals surface area contributed by atoms with Gasteiger partial charge in [-0.25, -0.2) is 0 Å². The lowest BCUT2D eigenvalue weighted by atomic mass is 9.76. The maximum Gasteiger partial charge on any atom is 0.569 e. The van der Waals surface area contributed by atoms with Crippen LogP contribution in [0.25, 0.3) is 251 Å². The largest absolute Gasteiger partial charge is 0.569 e. The third-order valence-corrected chi connectivity index (χ3v) is 29.6. The van der Waals surface area contributed by atoms with Crippen molar-refractivity contribution in [1.29, 1.82) is 0 Å². The Balaban J connectivity index is 0.0000000993. The molecule has 0 aliphatic rings. The Bertz CT molecular complexity index is 9980. The molecular weight excluding hydrogens is 2080 g/mol. The molecule has 29 aromatic rings. The van der Waals surface area contributed by atoms with Crippen LogP contribution < -0.4 is 10.1 Å². The fraction of sp³-hybridized carbons (Fsp3) is 0. The lowest BCUT2D eigenvalue weighted by Gasteiger charge is -2.18. The lowest BCUT2D eigenvalue weighted by molar-refractivity contribution is 0.426. The maximum atomic E-state index is 9.62. The van der Waals surface area contributed by atoms with Crippen LogP contribution in [0.1, 0.15) is 0 Å². The molecule has 29 rings (SSSR count). The molecule has 4 aromatic heterocycles. The summed E-state index contributed by atoms with van der Waals surface area (Å²) in [4.78, 5) is 0. The van der Waals surface area contributed by atoms with E-state index in [0.29, 0.717) is 11.2 Å². The molecule has 0 saturated heterocycles. The highest BCUT2D eigenvalue weighted by Gasteiger charge is 2.25. The molecule has 0 aliphatic carbocycles. The number of para-hydroxylation sites is 4. The van der Waals surface area contributed by atoms with Gasteiger partial charge in [0.05, 0.1) is 0 Å². The molecule has 0 spiro atoms. The molecule has 0 bridgehead atoms. The Labute approximate surface area is 867 Å². The van der Waals surface area contributed by atoms with Crippen LogP contribution in [-0.2, 0) is 0 Å². The quantitative estimate of drug-likeness (QED) is 0.0781. The normalized spacial score (nSPS) is 11.4. The number of benzene rings is 25. The molecular formula is C130H81B2Br3IO8. The topological polar surface area (TPSA) is 122 Å². The van der Waals surface area contributed by atoms with Crippen molar-refractivity contribution >= 4 is 286 Å². The van der Waals surface area contributed by atoms with E-state index in [2.05, 4.69) is 392 Å². The van der Waals surface area contributed by atoms with E-state index >= 15 is 0 Å². The van der Waals surface area contributed by atoms with E-state index in [9.17, 15) is 15.1 Å². The highest BCUT2D eigenvalue weighted by atomic mass is 127. The van der Waals surface area contributed by atoms with Crippen molar-refractivity contribution in [2.75, 3.05) is 0 Å². The standard InChI is InChI=1S/C46H28O.C24H16BO2.C22H13BrO.C16H11BO3.C16H9BrO.C6H4BrI/c1-2-13-30-26-33(25-24-29(30)12-1)45-38-20-6-4-18-36(38)44(37-19-5-7-21-39(37)45)32-15-11-14-31(27-32)41-28-42-35-17-9-10-23-43(35)47-46(42)40-22-8-3-16-34(40)41;26-25-27-24-21-11-5-3-9-19(21)23(20-10-4-6-12-22(20)24)18-14-13-16-7-1-2-8-17(16)15-18;23-15-7-5-6-14(12-15)19-13-20-17-9-3-4-11-21(17)24-22(20)18-10-2-1-8-16(18)19;18-17(19)14-9-13-11-6-3-4-8-15(11)20-16(13)12-7-2-1-5-10(12)14;17-14-9-13-11-6-3-4-8-15(11)18-16(13)12-7-2-1-5-10(12)14;7-5-2-1-3-6(8)4-5/h1-28H;1-15,26H;1-13H;1-9,18-19H;1-9H;1-4H. The van der Waals surface area contributed by atoms with Crippen molar-refractivity contribution in [2.45, 2.75) is 0 Å². The zero-order chi connectivity index (χ0) is 97.0. The van der Waals surface area contributed by atoms with Gasteiger partial charge in [0.1, 0.15) is 50.4 Å². The van der Waals surface area contributed by atoms with Gasteiger partial charge < -0.3 is 37.4 Å². The number of hydrogen-bond acceptors (Lipinski definition) is 8. The van der Waals surface area contributed by atoms with Crippen LogP contribution in [0.3, 0.4) is 0 Å². The molecule has 1 radical (unpaired) electrons. The van der Waals surface area contributed by atoms with Gasteiger partial charge in [-0.15, -0.1) is 0 Å². The lowest BCUT2D eigenvalue weighted by Crippen LogP contribution is -2.30. The fourth-order valence-electron chi connectivity index (χ4n) is 20.8. The molecule has 144 heavy (non-hydrogen) atoms. The molecule has 14 heteroatoms. The van der Waals surface area contributed by atoms with Gasteiger partial charge in [-0.1, -0.05) is 430 Å². The number of halogens is 4. The van der Waals surface area contributed by atoms with Gasteiger partial charge >= 0.3 is 14.8 Å². The van der Waals surface area contributed by atoms with E-state index in [1.54, 1.807) is 6.07 Å². The summed E-state index contributed by atoms with van der Waals surface area (Å²) in [5.74, 6) is 0.674. The van der Waals surface area contributed by atoms with Crippen LogP contribution in [-0.4, -0.2) is 29.9 Å². The minimum Gasteiger partial charge on any atom is -0.537 e. The second kappa shape index (κ2) is 39.3. The van der Waals surface area contributed by atoms with E-state index in [4.69, 9.17) is 22.3 Å². The number of rotatable bonds is 8. The summed E-state index contributed by atoms with van der Waals surface area (Å²) in [5, 5.41) is 60.2. The van der Waals surface area contributed by atoms with E-state index in [1.165, 1.54) is 129 Å². The average molecular weight is 2160 g/mol. The fourth-order valence-corrected chi connectivity index (χ4v) is 23.2. The van der Waals surface area contributed by atoms with E-state index in [1.807, 2.05) is 146 Å². The second-order valence-corrected chi connectivity index (χ2v) is 39.6. The summed E-state index contributed by atoms with van der Waals surface area (Å²) in [6.45, 7) is 0. The zero-order valence-electron chi connectivity index (χ0n) is 77.1. The first-order valence-electron chi connectivity index (χ1n) is 47.5. The van der Waals surface area contributed by atoms with Crippen molar-refractivity contribution in [3.05, 3.63) is 490 Å². The van der Waals surface area contributed by atoms with Crippen LogP contribution >= 0.6 is 70.4 Å². The van der Waals surface area contributed by atoms with Crippen LogP contribution in [0.15, 0.2) is 504 Å². The first-order valence-corrected chi connectivity index (χ1v) is 50.9. The first-order chi connectivity index (χ1) is 70.9. The van der Waals surface area contributed by atoms with E-state index in [0.717, 1.165) is 147 Å². The van der Waals surface area contributed by atoms with Crippen molar-refractivity contribution < 1.29 is 37.4 Å². The Morgan fingerprint density at radius 1 is 0.222 bits per heavy atom. The number of furan rings is 4. The third-order valence-electron chi connectivity index (χ3n) is 27.2. The predicted molar refractivity (Wildman–Crippen MR) is 624 cm³/mol. The summed E-state index contributed by atoms with van der Waals surface area (Å²) in [6.07, 6.45) is 0. The van der Waals surface area contributed by atoms with Crippen molar-refractivity contribution in [2.24, 2.45) is 0 Å². The van der Waals surface area contributed by atoms with E-state index in [-0.39, 0.29) is 0 Å². The molecule has 0 unspecified atom stereocenters. The average Bonchev–Trinajstić information content (AvgIpc) is 1.52. The summed E-state index contributed by atoms with van der Waals surface area (Å²) < 4.78 is 34.6. The molecule has 0 amide bonds. The minimum atomic E-state index is -1.50. The predicted octanol–water partition coefficient (Wildman–Crippen LogP) is 37.1. The summed E-state index contributed by atoms with van der Waals surface area (Å²) in [6, 6.07) is 164. The molecule has 8 nitrogen and oxygen atoms in total. The molecule has 3 N–H and O–H groups in total. The highest BCUT2D eigenvalue weighted by Crippen LogP contribution is 2.50. The second-order valence-electron chi connectivity index (χ2n) is 35.6. The van der Waals surface area contributed by atoms with Crippen LogP contribution in [0, 0.1) is 3.57 Å². The van der Waals surface area contributed by atoms with Crippen molar-refractivity contribution in [1.82, 2.24) is 0 Å². The molecule has 0 fully saturated rings. The van der Waals surface area contributed by atoms with Gasteiger partial charge in [-0.2, -0.15) is 0 Å². The van der Waals surface area contributed by atoms with Gasteiger partial charge in [0, 0.05) is 92.4 Å². The van der Waals surface area contributed by atoms with Gasteiger partial charge in [-0.3, -0.25) is 0 Å². The van der Waals surface area contributed by atoms with E-state index < -0.39 is 7.12 Å². The van der Waals surface area contributed by atoms with Crippen molar-refractivity contribution in [3.8, 4) is 61.4 Å². The Hall–Kier alpha value is -15.7. The monoisotopic (exact) mass is 2160 g/mol. The zero-order valence-corrected chi connectivity index (χ0v) is 84.0. The smallest absolute Gasteiger partial charge is 0.537 e. The molecule has 683 valence electrons. The van der Waals surface area contributed by atoms with Gasteiger partial charge in [0.15, 0.2) is 0 Å². The maximum absolute atomic E-state index is 9.62. The highest BCUT2D eigenvalue weighted by molar-refractivity contribution is 14.1. The molecule has 4 heterocycles. The van der Waals surface area contributed by atoms with Crippen LogP contribution in [0.4, 0.5) is 0 Å². The minimum absolute atomic E-state index is 0.500. The molecule has 0 saturated carbocycles. The van der Waals surface area contributed by atoms with Gasteiger partial charge in [-0.05, 0) is 250 Å². The summed E-state index contributed by atoms with van der Waals surface area (Å²) in [7, 11) is -0.748. The number of fused-ring (bicyclic) bond motifs is 26. The van der Waals surface area contributed by atoms with Crippen molar-refractivity contribution in [3.63, 3.8) is 0 Å². The first kappa shape index (κ1) is 90.8. The molecule has 25 aromatic carbocycles. The SMILES string of the molecule is Brc1cc2c3ccccc3oc2c2ccccc12.Brc1cccc(-c2cc3c4ccccc4oc3c3ccccc23)c1.Brc1cccc(I)c1.OB(O)c1cc2c3ccccc3oc2c2ccccc12.O[B]Oc1c2ccccc2c(-c2ccc3ccccc3c2)c2ccccc12.c1cc(-c2c3ccccc3c(-c3ccc4ccccc4c3)c3ccccc23)cc(-c2cc3c4ccccc4oc3c3ccccc23)c1. The van der Waals surface area contributed by atoms with Crippen LogP contribution in [0.5, 0.6) is 5.75 Å². The number of hydrogen-bond donors (Lipinski definition) is 3. The molecule has 0 atom stereocenters. The summed E-state index contributed by atoms with van der Waals surface area (Å²) >= 11 is 12.9. The van der Waals surface area contributed by atoms with Gasteiger partial charge in [0.25, 0.3) is 0 Å². The van der Waals surface area contributed by atoms with Gasteiger partial charge in [0.2, 0.25) is 0 Å². The van der Waals surface area contributed by atoms with Crippen LogP contribution in [0.2, 0.25) is 0 Å². The Morgan fingerprint density at radius 2 is 0.514 bits per heavy atom. The summed E-state index contributed by atoms with van der Waals surface area (Å²) in [5.41, 5.74) is 19.9.